The maximum Gasteiger partial charge on any atom is 0.341 e. The number of anilines is 3. The maximum atomic E-state index is 16.2. The number of nitrogens with one attached hydrogen (secondary N) is 2. The third kappa shape index (κ3) is 11.6. The largest absolute Gasteiger partial charge is 0.507 e. The highest BCUT2D eigenvalue weighted by molar-refractivity contribution is 6.22. The standard InChI is InChI=1S/C67H77FN6O17/c1-30-12-11-13-31(2)65(83)71-52-59(81)48-47(49-61(35(6)57(48)79)91-67(8,64(49)82)88-25-20-45(86-9)32(3)60(89-36(7)75)34(5)56(78)33(4)55(30)77)51-62(52)90-46-27-40(26-44(76)50(46)70-51)72-21-16-37(17-22-72)69-38-18-23-73(24-19-38)54-43(68)28-41-53(63(54)87-10)74(39-14-15-39)29-42(58(41)80)66(84)85/h11-13,20,25-30,32-34,37-39,45,55-56,60,69,76-79H,14-19,21-24H2,1-10H3,(H,71,83)(H,84,85)/b12-11+,25-20+,31-13-/t30-,32+,33+,34+,45-,55-,56+,60+,67-/m0/s1. The number of pyridine rings is 1. The third-order valence-corrected chi connectivity index (χ3v) is 19.1. The molecule has 2 aliphatic carbocycles. The molecule has 1 amide bonds. The zero-order valence-electron chi connectivity index (χ0n) is 52.4. The predicted octanol–water partition coefficient (Wildman–Crippen LogP) is 8.38. The van der Waals surface area contributed by atoms with Crippen molar-refractivity contribution in [2.75, 3.05) is 55.5 Å². The number of amides is 1. The van der Waals surface area contributed by atoms with Crippen LogP contribution >= 0.6 is 0 Å². The van der Waals surface area contributed by atoms with E-state index in [0.29, 0.717) is 63.1 Å². The van der Waals surface area contributed by atoms with E-state index in [-0.39, 0.29) is 91.1 Å². The van der Waals surface area contributed by atoms with Gasteiger partial charge in [0.25, 0.3) is 11.7 Å². The van der Waals surface area contributed by atoms with Gasteiger partial charge in [0.2, 0.25) is 10.9 Å². The number of carboxylic acids is 1. The minimum atomic E-state index is -2.14. The lowest BCUT2D eigenvalue weighted by atomic mass is 9.78. The first-order chi connectivity index (χ1) is 43.3. The van der Waals surface area contributed by atoms with E-state index in [9.17, 15) is 44.7 Å². The number of Topliss-reactive ketones (excluding diaryl/α,β-unsaturated/α-hetero) is 1. The van der Waals surface area contributed by atoms with Crippen LogP contribution in [0.4, 0.5) is 21.5 Å². The van der Waals surface area contributed by atoms with Gasteiger partial charge in [-0.15, -0.1) is 0 Å². The van der Waals surface area contributed by atoms with E-state index in [1.807, 2.05) is 4.90 Å². The van der Waals surface area contributed by atoms with Crippen LogP contribution in [0.15, 0.2) is 74.5 Å². The summed E-state index contributed by atoms with van der Waals surface area (Å²) in [5, 5.41) is 62.9. The van der Waals surface area contributed by atoms with Gasteiger partial charge in [-0.05, 0) is 64.5 Å². The number of phenols is 2. The molecule has 0 spiro atoms. The number of fused-ring (bicyclic) bond motifs is 15. The molecule has 9 atom stereocenters. The SMILES string of the molecule is COc1c(N2CCC(NC3CCN(c4cc(O)c5nc6c7c8c9c(C)c(O)c7c(=O)c(c-6oc5c4)NC(=O)/C(C)=C\C=C\[C@H](C)[C@H](O)[C@@H](C)[C@@H](O)[C@@H](C)[C@H](OC(C)=O)[C@H](C)[C@@H](OC)/C=C/O[C@@](C)(O9)C8=O)CC3)CC2)c(F)cc2c(=O)c(C(=O)O)cn(C3CC3)c12. The number of aromatic hydroxyl groups is 2. The molecule has 23 nitrogen and oxygen atoms in total. The Morgan fingerprint density at radius 1 is 0.857 bits per heavy atom. The minimum Gasteiger partial charge on any atom is -0.507 e. The van der Waals surface area contributed by atoms with Crippen LogP contribution in [0.3, 0.4) is 0 Å². The Hall–Kier alpha value is -8.58. The number of allylic oxidation sites excluding steroid dienone is 2. The number of methoxy groups -OCH3 is 2. The number of ketones is 1. The van der Waals surface area contributed by atoms with E-state index in [4.69, 9.17) is 33.1 Å². The van der Waals surface area contributed by atoms with Crippen LogP contribution in [0, 0.1) is 36.4 Å². The van der Waals surface area contributed by atoms with Crippen molar-refractivity contribution in [1.82, 2.24) is 14.9 Å². The number of esters is 1. The minimum absolute atomic E-state index is 0.00791. The van der Waals surface area contributed by atoms with Gasteiger partial charge in [-0.25, -0.2) is 14.2 Å². The lowest BCUT2D eigenvalue weighted by Gasteiger charge is -2.39. The Kier molecular flexibility index (Phi) is 17.5. The number of benzene rings is 4. The quantitative estimate of drug-likeness (QED) is 0.0406. The van der Waals surface area contributed by atoms with Crippen LogP contribution in [0.1, 0.15) is 119 Å². The number of aliphatic hydroxyl groups excluding tert-OH is 2. The zero-order chi connectivity index (χ0) is 65.4. The Balaban J connectivity index is 0.895. The van der Waals surface area contributed by atoms with Crippen LogP contribution in [-0.4, -0.2) is 141 Å². The summed E-state index contributed by atoms with van der Waals surface area (Å²) in [5.41, 5.74) is -1.72. The molecule has 0 unspecified atom stereocenters. The summed E-state index contributed by atoms with van der Waals surface area (Å²) in [7, 11) is 2.85. The number of aromatic nitrogens is 2. The number of rotatable bonds is 9. The molecule has 91 heavy (non-hydrogen) atoms. The number of ether oxygens (including phenoxy) is 5. The second-order valence-electron chi connectivity index (χ2n) is 25.2. The number of hydrogen-bond acceptors (Lipinski definition) is 20. The molecule has 4 aromatic rings. The van der Waals surface area contributed by atoms with E-state index < -0.39 is 117 Å². The summed E-state index contributed by atoms with van der Waals surface area (Å²) in [4.78, 5) is 91.2. The normalized spacial score (nSPS) is 27.0. The van der Waals surface area contributed by atoms with E-state index in [0.717, 1.165) is 18.9 Å². The fraction of sp³-hybridized carbons (Fsp3) is 0.478. The maximum absolute atomic E-state index is 16.2. The molecule has 0 radical (unpaired) electrons. The van der Waals surface area contributed by atoms with Gasteiger partial charge < -0.3 is 78.6 Å². The van der Waals surface area contributed by atoms with Crippen molar-refractivity contribution in [3.63, 3.8) is 0 Å². The molecule has 5 bridgehead atoms. The predicted molar refractivity (Wildman–Crippen MR) is 336 cm³/mol. The fourth-order valence-corrected chi connectivity index (χ4v) is 13.7. The van der Waals surface area contributed by atoms with Gasteiger partial charge in [-0.3, -0.25) is 24.0 Å². The van der Waals surface area contributed by atoms with Gasteiger partial charge >= 0.3 is 17.7 Å². The monoisotopic (exact) mass is 1260 g/mol. The first-order valence-corrected chi connectivity index (χ1v) is 30.8. The van der Waals surface area contributed by atoms with Gasteiger partial charge in [0.15, 0.2) is 22.9 Å². The molecular weight excluding hydrogens is 1180 g/mol. The molecule has 7 N–H and O–H groups in total. The smallest absolute Gasteiger partial charge is 0.341 e. The summed E-state index contributed by atoms with van der Waals surface area (Å²) in [6, 6.07) is 4.49. The molecule has 12 rings (SSSR count). The van der Waals surface area contributed by atoms with Crippen LogP contribution in [-0.2, 0) is 23.8 Å². The van der Waals surface area contributed by atoms with Crippen LogP contribution in [0.25, 0.3) is 44.2 Å². The zero-order valence-corrected chi connectivity index (χ0v) is 52.4. The van der Waals surface area contributed by atoms with Crippen molar-refractivity contribution in [3.05, 3.63) is 103 Å². The number of aliphatic hydroxyl groups is 2. The molecule has 6 aliphatic heterocycles. The van der Waals surface area contributed by atoms with E-state index in [2.05, 4.69) is 15.5 Å². The number of carbonyl (C=O) groups is 4. The molecule has 3 fully saturated rings. The fourth-order valence-electron chi connectivity index (χ4n) is 13.7. The Morgan fingerprint density at radius 3 is 2.15 bits per heavy atom. The van der Waals surface area contributed by atoms with Crippen molar-refractivity contribution in [3.8, 4) is 34.5 Å². The summed E-state index contributed by atoms with van der Waals surface area (Å²) >= 11 is 0. The molecule has 7 heterocycles. The summed E-state index contributed by atoms with van der Waals surface area (Å²) in [6.07, 6.45) is 8.91. The number of halogens is 1. The average molecular weight is 1260 g/mol. The van der Waals surface area contributed by atoms with Gasteiger partial charge in [0.05, 0.1) is 53.5 Å². The molecule has 2 saturated heterocycles. The highest BCUT2D eigenvalue weighted by atomic mass is 19.1. The van der Waals surface area contributed by atoms with E-state index in [1.54, 1.807) is 50.5 Å². The van der Waals surface area contributed by atoms with E-state index in [1.165, 1.54) is 72.6 Å². The first kappa shape index (κ1) is 64.0. The lowest BCUT2D eigenvalue weighted by Crippen LogP contribution is -2.50. The number of nitrogens with zero attached hydrogens (tertiary/aromatic N) is 4. The number of hydrogen-bond donors (Lipinski definition) is 7. The topological polar surface area (TPSA) is 311 Å². The van der Waals surface area contributed by atoms with Gasteiger partial charge in [0.1, 0.15) is 51.5 Å². The summed E-state index contributed by atoms with van der Waals surface area (Å²) in [5.74, 6) is -10.2. The Labute approximate surface area is 523 Å². The molecule has 24 heteroatoms. The van der Waals surface area contributed by atoms with E-state index >= 15 is 14.0 Å². The highest BCUT2D eigenvalue weighted by Crippen LogP contribution is 2.52. The second-order valence-corrected chi connectivity index (χ2v) is 25.2. The lowest BCUT2D eigenvalue weighted by molar-refractivity contribution is -0.160. The number of aromatic carboxylic acids is 1. The van der Waals surface area contributed by atoms with Crippen molar-refractivity contribution in [1.29, 1.82) is 0 Å². The number of carboxylic acid groups (broad SMARTS) is 1. The highest BCUT2D eigenvalue weighted by Gasteiger charge is 2.50. The first-order valence-electron chi connectivity index (χ1n) is 30.8. The Morgan fingerprint density at radius 2 is 1.53 bits per heavy atom. The van der Waals surface area contributed by atoms with Crippen molar-refractivity contribution in [2.24, 2.45) is 23.7 Å². The van der Waals surface area contributed by atoms with Gasteiger partial charge in [-0.1, -0.05) is 45.9 Å². The van der Waals surface area contributed by atoms with Crippen LogP contribution in [0.5, 0.6) is 23.0 Å². The van der Waals surface area contributed by atoms with Crippen molar-refractivity contribution in [2.45, 2.75) is 142 Å². The number of phenolic OH excluding ortho intramolecular Hbond substituents is 2. The molecule has 3 aromatic carbocycles. The molecular formula is C67H77FN6O17. The summed E-state index contributed by atoms with van der Waals surface area (Å²) < 4.78 is 54.4. The van der Waals surface area contributed by atoms with Gasteiger partial charge in [0, 0.05) is 129 Å². The number of carbonyl (C=O) groups excluding carboxylic acids is 3. The Bertz CT molecular complexity index is 4120. The molecule has 8 aliphatic rings. The number of piperidine rings is 2. The van der Waals surface area contributed by atoms with Crippen molar-refractivity contribution < 1.29 is 77.2 Å². The molecule has 484 valence electrons. The molecule has 1 aromatic heterocycles. The molecule has 1 saturated carbocycles. The average Bonchev–Trinajstić information content (AvgIpc) is 1.69. The summed E-state index contributed by atoms with van der Waals surface area (Å²) in [6.45, 7) is 14.5. The van der Waals surface area contributed by atoms with Crippen LogP contribution < -0.4 is 40.8 Å². The van der Waals surface area contributed by atoms with Crippen LogP contribution in [0.2, 0.25) is 0 Å². The van der Waals surface area contributed by atoms with Crippen molar-refractivity contribution >= 4 is 73.5 Å². The van der Waals surface area contributed by atoms with Gasteiger partial charge in [-0.2, -0.15) is 0 Å². The second kappa shape index (κ2) is 24.9. The third-order valence-electron chi connectivity index (χ3n) is 19.1.